The lowest BCUT2D eigenvalue weighted by Gasteiger charge is -2.31. The molecule has 23 heavy (non-hydrogen) atoms. The molecule has 128 valence electrons. The van der Waals surface area contributed by atoms with Crippen molar-refractivity contribution in [2.24, 2.45) is 0 Å². The first-order valence-electron chi connectivity index (χ1n) is 7.49. The lowest BCUT2D eigenvalue weighted by Crippen LogP contribution is -2.58. The van der Waals surface area contributed by atoms with Crippen molar-refractivity contribution in [1.82, 2.24) is 14.9 Å². The molecule has 1 aromatic rings. The van der Waals surface area contributed by atoms with Gasteiger partial charge in [-0.25, -0.2) is 8.42 Å². The van der Waals surface area contributed by atoms with E-state index in [-0.39, 0.29) is 12.5 Å². The predicted molar refractivity (Wildman–Crippen MR) is 87.9 cm³/mol. The Labute approximate surface area is 137 Å². The van der Waals surface area contributed by atoms with Crippen molar-refractivity contribution < 1.29 is 17.9 Å². The fraction of sp³-hybridized carbons (Fsp3) is 0.533. The van der Waals surface area contributed by atoms with E-state index in [9.17, 15) is 13.2 Å². The summed E-state index contributed by atoms with van der Waals surface area (Å²) in [5.74, 6) is 0.622. The van der Waals surface area contributed by atoms with Crippen LogP contribution in [0.15, 0.2) is 24.3 Å². The molecule has 0 aromatic heterocycles. The number of methoxy groups -OCH3 is 1. The van der Waals surface area contributed by atoms with Gasteiger partial charge >= 0.3 is 0 Å². The Morgan fingerprint density at radius 2 is 2.09 bits per heavy atom. The summed E-state index contributed by atoms with van der Waals surface area (Å²) in [5.41, 5.74) is 1.10. The van der Waals surface area contributed by atoms with Gasteiger partial charge in [-0.3, -0.25) is 4.79 Å². The second-order valence-electron chi connectivity index (χ2n) is 5.52. The number of rotatable bonds is 6. The van der Waals surface area contributed by atoms with E-state index in [1.54, 1.807) is 7.11 Å². The Balaban J connectivity index is 1.80. The van der Waals surface area contributed by atoms with Crippen molar-refractivity contribution in [3.8, 4) is 5.75 Å². The van der Waals surface area contributed by atoms with Gasteiger partial charge < -0.3 is 15.4 Å². The molecule has 1 fully saturated rings. The molecule has 1 aliphatic heterocycles. The molecule has 0 aliphatic carbocycles. The Bertz CT molecular complexity index is 631. The largest absolute Gasteiger partial charge is 0.497 e. The van der Waals surface area contributed by atoms with E-state index in [0.717, 1.165) is 17.6 Å². The molecule has 1 aromatic carbocycles. The van der Waals surface area contributed by atoms with Crippen LogP contribution in [0.3, 0.4) is 0 Å². The highest BCUT2D eigenvalue weighted by atomic mass is 32.2. The van der Waals surface area contributed by atoms with Crippen molar-refractivity contribution in [2.75, 3.05) is 39.5 Å². The monoisotopic (exact) mass is 341 g/mol. The van der Waals surface area contributed by atoms with E-state index in [4.69, 9.17) is 4.74 Å². The summed E-state index contributed by atoms with van der Waals surface area (Å²) in [5, 5.41) is 5.90. The molecular weight excluding hydrogens is 318 g/mol. The number of hydrogen-bond donors (Lipinski definition) is 2. The zero-order valence-electron chi connectivity index (χ0n) is 13.4. The summed E-state index contributed by atoms with van der Waals surface area (Å²) >= 11 is 0. The second-order valence-corrected chi connectivity index (χ2v) is 7.50. The van der Waals surface area contributed by atoms with Gasteiger partial charge in [0.1, 0.15) is 11.8 Å². The van der Waals surface area contributed by atoms with Gasteiger partial charge in [0, 0.05) is 26.2 Å². The second kappa shape index (κ2) is 7.76. The Morgan fingerprint density at radius 3 is 2.70 bits per heavy atom. The standard InChI is InChI=1S/C15H23N3O4S/c1-22-13-5-3-12(4-6-13)7-8-17-15(19)14-11-18(10-9-16-14)23(2,20)21/h3-6,14,16H,7-11H2,1-2H3,(H,17,19). The molecule has 2 N–H and O–H groups in total. The molecule has 1 aliphatic rings. The van der Waals surface area contributed by atoms with Gasteiger partial charge in [-0.2, -0.15) is 4.31 Å². The average molecular weight is 341 g/mol. The van der Waals surface area contributed by atoms with Crippen molar-refractivity contribution in [2.45, 2.75) is 12.5 Å². The molecule has 7 nitrogen and oxygen atoms in total. The lowest BCUT2D eigenvalue weighted by atomic mass is 10.1. The summed E-state index contributed by atoms with van der Waals surface area (Å²) in [4.78, 5) is 12.1. The van der Waals surface area contributed by atoms with E-state index in [1.807, 2.05) is 24.3 Å². The number of nitrogens with zero attached hydrogens (tertiary/aromatic N) is 1. The summed E-state index contributed by atoms with van der Waals surface area (Å²) in [7, 11) is -1.64. The first-order chi connectivity index (χ1) is 10.9. The van der Waals surface area contributed by atoms with Crippen LogP contribution in [0.2, 0.25) is 0 Å². The number of carbonyl (C=O) groups is 1. The van der Waals surface area contributed by atoms with Crippen molar-refractivity contribution in [1.29, 1.82) is 0 Å². The van der Waals surface area contributed by atoms with Crippen LogP contribution in [0.25, 0.3) is 0 Å². The number of sulfonamides is 1. The number of carbonyl (C=O) groups excluding carboxylic acids is 1. The highest BCUT2D eigenvalue weighted by molar-refractivity contribution is 7.88. The van der Waals surface area contributed by atoms with Gasteiger partial charge in [-0.15, -0.1) is 0 Å². The lowest BCUT2D eigenvalue weighted by molar-refractivity contribution is -0.123. The number of hydrogen-bond acceptors (Lipinski definition) is 5. The summed E-state index contributed by atoms with van der Waals surface area (Å²) in [6, 6.07) is 7.16. The fourth-order valence-corrected chi connectivity index (χ4v) is 3.29. The minimum absolute atomic E-state index is 0.174. The van der Waals surface area contributed by atoms with Crippen LogP contribution >= 0.6 is 0 Å². The van der Waals surface area contributed by atoms with Crippen molar-refractivity contribution >= 4 is 15.9 Å². The third-order valence-corrected chi connectivity index (χ3v) is 5.07. The smallest absolute Gasteiger partial charge is 0.238 e. The zero-order chi connectivity index (χ0) is 16.9. The normalized spacial score (nSPS) is 19.3. The van der Waals surface area contributed by atoms with Crippen LogP contribution in [-0.4, -0.2) is 64.2 Å². The first-order valence-corrected chi connectivity index (χ1v) is 9.34. The molecule has 0 spiro atoms. The molecule has 0 radical (unpaired) electrons. The van der Waals surface area contributed by atoms with Gasteiger partial charge in [0.2, 0.25) is 15.9 Å². The number of ether oxygens (including phenoxy) is 1. The highest BCUT2D eigenvalue weighted by Gasteiger charge is 2.29. The van der Waals surface area contributed by atoms with Crippen LogP contribution in [-0.2, 0) is 21.2 Å². The van der Waals surface area contributed by atoms with Crippen LogP contribution in [0.5, 0.6) is 5.75 Å². The molecule has 1 heterocycles. The maximum atomic E-state index is 12.1. The third kappa shape index (κ3) is 5.19. The summed E-state index contributed by atoms with van der Waals surface area (Å²) in [6.07, 6.45) is 1.87. The van der Waals surface area contributed by atoms with Crippen LogP contribution in [0.4, 0.5) is 0 Å². The van der Waals surface area contributed by atoms with Crippen LogP contribution < -0.4 is 15.4 Å². The van der Waals surface area contributed by atoms with Gasteiger partial charge in [-0.1, -0.05) is 12.1 Å². The third-order valence-electron chi connectivity index (χ3n) is 3.80. The Kier molecular flexibility index (Phi) is 5.97. The van der Waals surface area contributed by atoms with E-state index in [1.165, 1.54) is 4.31 Å². The van der Waals surface area contributed by atoms with Crippen molar-refractivity contribution in [3.05, 3.63) is 29.8 Å². The Morgan fingerprint density at radius 1 is 1.39 bits per heavy atom. The maximum Gasteiger partial charge on any atom is 0.238 e. The number of nitrogens with one attached hydrogen (secondary N) is 2. The van der Waals surface area contributed by atoms with Gasteiger partial charge in [0.05, 0.1) is 13.4 Å². The fourth-order valence-electron chi connectivity index (χ4n) is 2.45. The molecule has 1 atom stereocenters. The minimum atomic E-state index is -3.26. The van der Waals surface area contributed by atoms with E-state index >= 15 is 0 Å². The van der Waals surface area contributed by atoms with E-state index in [2.05, 4.69) is 10.6 Å². The van der Waals surface area contributed by atoms with Gasteiger partial charge in [0.25, 0.3) is 0 Å². The molecule has 8 heteroatoms. The van der Waals surface area contributed by atoms with E-state index < -0.39 is 16.1 Å². The number of piperazine rings is 1. The molecular formula is C15H23N3O4S. The topological polar surface area (TPSA) is 87.7 Å². The van der Waals surface area contributed by atoms with Gasteiger partial charge in [-0.05, 0) is 24.1 Å². The maximum absolute atomic E-state index is 12.1. The minimum Gasteiger partial charge on any atom is -0.497 e. The molecule has 0 saturated carbocycles. The summed E-state index contributed by atoms with van der Waals surface area (Å²) < 4.78 is 29.6. The molecule has 1 amide bonds. The zero-order valence-corrected chi connectivity index (χ0v) is 14.2. The first kappa shape index (κ1) is 17.7. The van der Waals surface area contributed by atoms with Crippen LogP contribution in [0, 0.1) is 0 Å². The van der Waals surface area contributed by atoms with E-state index in [0.29, 0.717) is 26.1 Å². The number of amides is 1. The Hall–Kier alpha value is -1.64. The highest BCUT2D eigenvalue weighted by Crippen LogP contribution is 2.11. The molecule has 0 bridgehead atoms. The number of benzene rings is 1. The predicted octanol–water partition coefficient (Wildman–Crippen LogP) is -0.413. The van der Waals surface area contributed by atoms with Gasteiger partial charge in [0.15, 0.2) is 0 Å². The SMILES string of the molecule is COc1ccc(CCNC(=O)C2CN(S(C)(=O)=O)CCN2)cc1. The van der Waals surface area contributed by atoms with Crippen LogP contribution in [0.1, 0.15) is 5.56 Å². The summed E-state index contributed by atoms with van der Waals surface area (Å²) in [6.45, 7) is 1.55. The quantitative estimate of drug-likeness (QED) is 0.734. The molecule has 1 saturated heterocycles. The molecule has 2 rings (SSSR count). The van der Waals surface area contributed by atoms with Crippen molar-refractivity contribution in [3.63, 3.8) is 0 Å². The average Bonchev–Trinajstić information content (AvgIpc) is 2.54. The molecule has 1 unspecified atom stereocenters.